The molecule has 1 aromatic heterocycles. The van der Waals surface area contributed by atoms with E-state index in [1.54, 1.807) is 7.05 Å². The summed E-state index contributed by atoms with van der Waals surface area (Å²) in [4.78, 5) is 8.16. The quantitative estimate of drug-likeness (QED) is 0.889. The van der Waals surface area contributed by atoms with Crippen molar-refractivity contribution in [3.8, 4) is 0 Å². The Morgan fingerprint density at radius 3 is 2.44 bits per heavy atom. The molecular weight excluding hydrogens is 238 g/mol. The van der Waals surface area contributed by atoms with Crippen LogP contribution in [-0.2, 0) is 0 Å². The van der Waals surface area contributed by atoms with Crippen LogP contribution < -0.4 is 10.2 Å². The first-order valence-corrected chi connectivity index (χ1v) is 6.16. The first kappa shape index (κ1) is 13.0. The van der Waals surface area contributed by atoms with Gasteiger partial charge < -0.3 is 15.1 Å². The zero-order valence-corrected chi connectivity index (χ0v) is 10.7. The van der Waals surface area contributed by atoms with Crippen LogP contribution in [0.3, 0.4) is 0 Å². The number of nitrogens with zero attached hydrogens (tertiary/aromatic N) is 3. The van der Waals surface area contributed by atoms with E-state index in [0.717, 1.165) is 25.7 Å². The van der Waals surface area contributed by atoms with E-state index in [1.807, 2.05) is 4.90 Å². The Bertz CT molecular complexity index is 417. The molecule has 0 unspecified atom stereocenters. The lowest BCUT2D eigenvalue weighted by atomic mass is 10.3. The van der Waals surface area contributed by atoms with Gasteiger partial charge in [-0.1, -0.05) is 6.92 Å². The maximum atomic E-state index is 13.7. The average Bonchev–Trinajstić information content (AvgIpc) is 2.39. The summed E-state index contributed by atoms with van der Waals surface area (Å²) in [5.74, 6) is -0.941. The molecule has 0 saturated carbocycles. The number of nitrogens with one attached hydrogen (secondary N) is 1. The minimum absolute atomic E-state index is 0.0873. The summed E-state index contributed by atoms with van der Waals surface area (Å²) >= 11 is 0. The Morgan fingerprint density at radius 1 is 1.22 bits per heavy atom. The summed E-state index contributed by atoms with van der Waals surface area (Å²) in [6.07, 6.45) is 0. The largest absolute Gasteiger partial charge is 0.371 e. The van der Waals surface area contributed by atoms with Crippen LogP contribution in [0.2, 0.25) is 0 Å². The number of hydrogen-bond donors (Lipinski definition) is 1. The number of pyridine rings is 1. The zero-order valence-electron chi connectivity index (χ0n) is 10.7. The van der Waals surface area contributed by atoms with E-state index in [0.29, 0.717) is 13.1 Å². The highest BCUT2D eigenvalue weighted by molar-refractivity contribution is 5.49. The Morgan fingerprint density at radius 2 is 1.89 bits per heavy atom. The lowest BCUT2D eigenvalue weighted by molar-refractivity contribution is 0.269. The van der Waals surface area contributed by atoms with Gasteiger partial charge in [0, 0.05) is 39.3 Å². The van der Waals surface area contributed by atoms with E-state index in [-0.39, 0.29) is 11.6 Å². The molecule has 2 heterocycles. The van der Waals surface area contributed by atoms with Crippen LogP contribution in [0, 0.1) is 11.6 Å². The topological polar surface area (TPSA) is 31.4 Å². The molecule has 4 nitrogen and oxygen atoms in total. The second kappa shape index (κ2) is 5.48. The first-order valence-electron chi connectivity index (χ1n) is 6.16. The highest BCUT2D eigenvalue weighted by atomic mass is 19.1. The lowest BCUT2D eigenvalue weighted by Crippen LogP contribution is -2.46. The molecule has 1 aliphatic rings. The summed E-state index contributed by atoms with van der Waals surface area (Å²) in [5, 5.41) is 2.63. The first-order chi connectivity index (χ1) is 8.65. The van der Waals surface area contributed by atoms with Gasteiger partial charge in [0.1, 0.15) is 0 Å². The maximum absolute atomic E-state index is 13.7. The van der Waals surface area contributed by atoms with E-state index >= 15 is 0 Å². The lowest BCUT2D eigenvalue weighted by Gasteiger charge is -2.35. The van der Waals surface area contributed by atoms with Crippen molar-refractivity contribution in [2.75, 3.05) is 50.0 Å². The van der Waals surface area contributed by atoms with Gasteiger partial charge in [0.05, 0.1) is 0 Å². The van der Waals surface area contributed by atoms with Crippen LogP contribution in [0.5, 0.6) is 0 Å². The fourth-order valence-electron chi connectivity index (χ4n) is 2.13. The van der Waals surface area contributed by atoms with Crippen LogP contribution in [-0.4, -0.2) is 49.7 Å². The van der Waals surface area contributed by atoms with E-state index in [2.05, 4.69) is 22.1 Å². The standard InChI is InChI=1S/C12H18F2N4/c1-3-17-4-6-18(7-5-17)12-10(14)8-9(13)11(15-2)16-12/h8H,3-7H2,1-2H3,(H,15,16). The molecule has 1 N–H and O–H groups in total. The van der Waals surface area contributed by atoms with Crippen molar-refractivity contribution in [1.29, 1.82) is 0 Å². The van der Waals surface area contributed by atoms with E-state index in [4.69, 9.17) is 0 Å². The summed E-state index contributed by atoms with van der Waals surface area (Å²) in [6, 6.07) is 0.889. The number of rotatable bonds is 3. The maximum Gasteiger partial charge on any atom is 0.168 e. The normalized spacial score (nSPS) is 17.0. The van der Waals surface area contributed by atoms with Crippen LogP contribution in [0.4, 0.5) is 20.4 Å². The van der Waals surface area contributed by atoms with Gasteiger partial charge in [0.2, 0.25) is 0 Å². The van der Waals surface area contributed by atoms with Gasteiger partial charge in [-0.3, -0.25) is 0 Å². The van der Waals surface area contributed by atoms with Crippen molar-refractivity contribution in [1.82, 2.24) is 9.88 Å². The van der Waals surface area contributed by atoms with Crippen molar-refractivity contribution in [3.63, 3.8) is 0 Å². The van der Waals surface area contributed by atoms with Crippen molar-refractivity contribution in [3.05, 3.63) is 17.7 Å². The van der Waals surface area contributed by atoms with Crippen LogP contribution >= 0.6 is 0 Å². The summed E-state index contributed by atoms with van der Waals surface area (Å²) in [5.41, 5.74) is 0. The van der Waals surface area contributed by atoms with Crippen molar-refractivity contribution in [2.45, 2.75) is 6.92 Å². The highest BCUT2D eigenvalue weighted by Crippen LogP contribution is 2.23. The van der Waals surface area contributed by atoms with Gasteiger partial charge in [-0.25, -0.2) is 13.8 Å². The van der Waals surface area contributed by atoms with Gasteiger partial charge in [0.25, 0.3) is 0 Å². The fraction of sp³-hybridized carbons (Fsp3) is 0.583. The van der Waals surface area contributed by atoms with Gasteiger partial charge in [-0.05, 0) is 6.54 Å². The summed E-state index contributed by atoms with van der Waals surface area (Å²) in [6.45, 7) is 6.29. The molecule has 0 aromatic carbocycles. The molecule has 1 fully saturated rings. The zero-order chi connectivity index (χ0) is 13.1. The van der Waals surface area contributed by atoms with Gasteiger partial charge >= 0.3 is 0 Å². The molecule has 1 saturated heterocycles. The second-order valence-corrected chi connectivity index (χ2v) is 4.30. The third-order valence-electron chi connectivity index (χ3n) is 3.27. The number of halogens is 2. The predicted octanol–water partition coefficient (Wildman–Crippen LogP) is 1.54. The monoisotopic (exact) mass is 256 g/mol. The molecular formula is C12H18F2N4. The molecule has 2 rings (SSSR count). The molecule has 18 heavy (non-hydrogen) atoms. The van der Waals surface area contributed by atoms with Crippen LogP contribution in [0.15, 0.2) is 6.07 Å². The average molecular weight is 256 g/mol. The molecule has 6 heteroatoms. The minimum Gasteiger partial charge on any atom is -0.371 e. The molecule has 0 aliphatic carbocycles. The highest BCUT2D eigenvalue weighted by Gasteiger charge is 2.21. The Hall–Kier alpha value is -1.43. The summed E-state index contributed by atoms with van der Waals surface area (Å²) in [7, 11) is 1.57. The molecule has 0 spiro atoms. The van der Waals surface area contributed by atoms with E-state index in [9.17, 15) is 8.78 Å². The van der Waals surface area contributed by atoms with E-state index in [1.165, 1.54) is 0 Å². The molecule has 1 aliphatic heterocycles. The third-order valence-corrected chi connectivity index (χ3v) is 3.27. The smallest absolute Gasteiger partial charge is 0.168 e. The van der Waals surface area contributed by atoms with Crippen molar-refractivity contribution in [2.24, 2.45) is 0 Å². The third kappa shape index (κ3) is 2.53. The van der Waals surface area contributed by atoms with Crippen LogP contribution in [0.25, 0.3) is 0 Å². The SMILES string of the molecule is CCN1CCN(c2nc(NC)c(F)cc2F)CC1. The Balaban J connectivity index is 2.18. The van der Waals surface area contributed by atoms with Gasteiger partial charge in [-0.2, -0.15) is 0 Å². The molecule has 0 radical (unpaired) electrons. The number of aromatic nitrogens is 1. The van der Waals surface area contributed by atoms with Crippen molar-refractivity contribution < 1.29 is 8.78 Å². The predicted molar refractivity (Wildman–Crippen MR) is 68.0 cm³/mol. The summed E-state index contributed by atoms with van der Waals surface area (Å²) < 4.78 is 27.1. The molecule has 0 amide bonds. The Labute approximate surface area is 106 Å². The second-order valence-electron chi connectivity index (χ2n) is 4.30. The molecule has 100 valence electrons. The number of piperazine rings is 1. The number of hydrogen-bond acceptors (Lipinski definition) is 4. The van der Waals surface area contributed by atoms with Crippen LogP contribution in [0.1, 0.15) is 6.92 Å². The van der Waals surface area contributed by atoms with Gasteiger partial charge in [-0.15, -0.1) is 0 Å². The molecule has 1 aromatic rings. The number of anilines is 2. The fourth-order valence-corrected chi connectivity index (χ4v) is 2.13. The molecule has 0 atom stereocenters. The number of likely N-dealkylation sites (N-methyl/N-ethyl adjacent to an activating group) is 1. The van der Waals surface area contributed by atoms with Gasteiger partial charge in [0.15, 0.2) is 23.3 Å². The molecule has 0 bridgehead atoms. The van der Waals surface area contributed by atoms with Crippen molar-refractivity contribution >= 4 is 11.6 Å². The van der Waals surface area contributed by atoms with E-state index < -0.39 is 11.6 Å². The Kier molecular flexibility index (Phi) is 3.96. The minimum atomic E-state index is -0.661.